The fraction of sp³-hybridized carbons (Fsp3) is 0.185. The molecule has 2 amide bonds. The second-order valence-corrected chi connectivity index (χ2v) is 9.54. The number of fused-ring (bicyclic) bond motifs is 1. The summed E-state index contributed by atoms with van der Waals surface area (Å²) in [7, 11) is 0. The Morgan fingerprint density at radius 1 is 1.08 bits per heavy atom. The molecule has 1 saturated carbocycles. The molecule has 3 heterocycles. The van der Waals surface area contributed by atoms with Crippen molar-refractivity contribution in [3.8, 4) is 17.2 Å². The van der Waals surface area contributed by atoms with Gasteiger partial charge in [0.05, 0.1) is 16.1 Å². The van der Waals surface area contributed by atoms with E-state index >= 15 is 0 Å². The van der Waals surface area contributed by atoms with Crippen molar-refractivity contribution in [1.82, 2.24) is 35.3 Å². The van der Waals surface area contributed by atoms with Gasteiger partial charge >= 0.3 is 0 Å². The number of hydrogen-bond acceptors (Lipinski definition) is 7. The quantitative estimate of drug-likeness (QED) is 0.327. The summed E-state index contributed by atoms with van der Waals surface area (Å²) in [5.74, 6) is 0.261. The van der Waals surface area contributed by atoms with Gasteiger partial charge in [-0.15, -0.1) is 0 Å². The number of carbonyl (C=O) groups excluding carboxylic acids is 2. The summed E-state index contributed by atoms with van der Waals surface area (Å²) < 4.78 is 7.20. The van der Waals surface area contributed by atoms with Crippen LogP contribution in [0.3, 0.4) is 0 Å². The molecule has 1 fully saturated rings. The van der Waals surface area contributed by atoms with Gasteiger partial charge in [0.15, 0.2) is 0 Å². The Labute approximate surface area is 222 Å². The topological polar surface area (TPSA) is 128 Å². The van der Waals surface area contributed by atoms with Crippen LogP contribution in [0.4, 0.5) is 0 Å². The van der Waals surface area contributed by atoms with Crippen LogP contribution in [0.5, 0.6) is 0 Å². The van der Waals surface area contributed by atoms with Gasteiger partial charge in [-0.25, -0.2) is 9.97 Å². The van der Waals surface area contributed by atoms with E-state index in [9.17, 15) is 9.59 Å². The van der Waals surface area contributed by atoms with Gasteiger partial charge in [0.25, 0.3) is 5.91 Å². The number of aryl methyl sites for hydroxylation is 1. The number of nitrogens with zero attached hydrogens (tertiary/aromatic N) is 5. The summed E-state index contributed by atoms with van der Waals surface area (Å²) in [6.07, 6.45) is 5.35. The molecule has 5 aromatic rings. The van der Waals surface area contributed by atoms with Gasteiger partial charge in [-0.05, 0) is 36.6 Å². The minimum atomic E-state index is -0.898. The molecular weight excluding hydrogens is 506 g/mol. The Morgan fingerprint density at radius 3 is 2.50 bits per heavy atom. The van der Waals surface area contributed by atoms with Gasteiger partial charge < -0.3 is 19.7 Å². The van der Waals surface area contributed by atoms with Crippen molar-refractivity contribution in [2.24, 2.45) is 0 Å². The molecule has 1 aliphatic rings. The van der Waals surface area contributed by atoms with E-state index < -0.39 is 5.54 Å². The van der Waals surface area contributed by atoms with Crippen molar-refractivity contribution >= 4 is 34.3 Å². The highest BCUT2D eigenvalue weighted by molar-refractivity contribution is 6.38. The first-order chi connectivity index (χ1) is 18.4. The summed E-state index contributed by atoms with van der Waals surface area (Å²) in [5.41, 5.74) is 2.73. The molecule has 0 atom stereocenters. The molecule has 3 aromatic heterocycles. The van der Waals surface area contributed by atoms with Gasteiger partial charge in [0.1, 0.15) is 17.6 Å². The molecule has 0 bridgehead atoms. The maximum Gasteiger partial charge on any atom is 0.255 e. The molecule has 0 spiro atoms. The van der Waals surface area contributed by atoms with Crippen LogP contribution < -0.4 is 10.6 Å². The SMILES string of the molecule is Cc1nc(-c2c(Cl)c3ccccc3n2-c2ccc(CNC(=O)C3(NC(=O)c4cncnc4)CC3)cc2)no1. The fourth-order valence-corrected chi connectivity index (χ4v) is 4.75. The first-order valence-corrected chi connectivity index (χ1v) is 12.4. The van der Waals surface area contributed by atoms with Crippen LogP contribution in [-0.2, 0) is 11.3 Å². The van der Waals surface area contributed by atoms with Crippen molar-refractivity contribution in [3.63, 3.8) is 0 Å². The normalized spacial score (nSPS) is 13.8. The predicted octanol–water partition coefficient (Wildman–Crippen LogP) is 4.01. The lowest BCUT2D eigenvalue weighted by atomic mass is 10.1. The van der Waals surface area contributed by atoms with Crippen molar-refractivity contribution in [2.75, 3.05) is 0 Å². The number of rotatable bonds is 7. The van der Waals surface area contributed by atoms with E-state index in [1.165, 1.54) is 18.7 Å². The summed E-state index contributed by atoms with van der Waals surface area (Å²) >= 11 is 6.77. The minimum Gasteiger partial charge on any atom is -0.350 e. The summed E-state index contributed by atoms with van der Waals surface area (Å²) in [6.45, 7) is 2.04. The maximum absolute atomic E-state index is 12.9. The predicted molar refractivity (Wildman–Crippen MR) is 140 cm³/mol. The number of amides is 2. The second-order valence-electron chi connectivity index (χ2n) is 9.16. The number of carbonyl (C=O) groups is 2. The largest absolute Gasteiger partial charge is 0.350 e. The molecule has 0 aliphatic heterocycles. The molecular formula is C27H22ClN7O3. The van der Waals surface area contributed by atoms with E-state index in [0.29, 0.717) is 47.4 Å². The van der Waals surface area contributed by atoms with Crippen molar-refractivity contribution in [2.45, 2.75) is 31.8 Å². The molecule has 38 heavy (non-hydrogen) atoms. The average molecular weight is 528 g/mol. The van der Waals surface area contributed by atoms with E-state index in [1.807, 2.05) is 53.1 Å². The van der Waals surface area contributed by atoms with E-state index in [1.54, 1.807) is 6.92 Å². The summed E-state index contributed by atoms with van der Waals surface area (Å²) in [6, 6.07) is 15.6. The molecule has 0 radical (unpaired) electrons. The lowest BCUT2D eigenvalue weighted by molar-refractivity contribution is -0.124. The Hall–Kier alpha value is -4.57. The Balaban J connectivity index is 1.20. The third kappa shape index (κ3) is 4.28. The lowest BCUT2D eigenvalue weighted by Crippen LogP contribution is -2.48. The van der Waals surface area contributed by atoms with Gasteiger partial charge in [0.2, 0.25) is 17.6 Å². The Bertz CT molecular complexity index is 1660. The standard InChI is InChI=1S/C27H22ClN7O3/c1-16-32-24(34-38-16)23-22(28)20-4-2-3-5-21(20)35(23)19-8-6-17(7-9-19)12-31-26(37)27(10-11-27)33-25(36)18-13-29-15-30-14-18/h2-9,13-15H,10-12H2,1H3,(H,31,37)(H,33,36). The van der Waals surface area contributed by atoms with E-state index in [4.69, 9.17) is 16.1 Å². The van der Waals surface area contributed by atoms with Crippen molar-refractivity contribution in [1.29, 1.82) is 0 Å². The molecule has 2 N–H and O–H groups in total. The van der Waals surface area contributed by atoms with Gasteiger partial charge in [-0.3, -0.25) is 9.59 Å². The number of hydrogen-bond donors (Lipinski definition) is 2. The smallest absolute Gasteiger partial charge is 0.255 e. The minimum absolute atomic E-state index is 0.218. The van der Waals surface area contributed by atoms with Crippen LogP contribution in [0.15, 0.2) is 71.8 Å². The molecule has 1 aliphatic carbocycles. The molecule has 190 valence electrons. The number of nitrogens with one attached hydrogen (secondary N) is 2. The van der Waals surface area contributed by atoms with Gasteiger partial charge in [0, 0.05) is 36.9 Å². The zero-order valence-corrected chi connectivity index (χ0v) is 21.1. The third-order valence-corrected chi connectivity index (χ3v) is 6.94. The van der Waals surface area contributed by atoms with E-state index in [-0.39, 0.29) is 11.8 Å². The van der Waals surface area contributed by atoms with Crippen molar-refractivity contribution < 1.29 is 14.1 Å². The van der Waals surface area contributed by atoms with E-state index in [0.717, 1.165) is 22.2 Å². The first-order valence-electron chi connectivity index (χ1n) is 12.0. The fourth-order valence-electron chi connectivity index (χ4n) is 4.42. The maximum atomic E-state index is 12.9. The van der Waals surface area contributed by atoms with Crippen LogP contribution in [0, 0.1) is 6.92 Å². The van der Waals surface area contributed by atoms with Crippen LogP contribution >= 0.6 is 11.6 Å². The third-order valence-electron chi connectivity index (χ3n) is 6.56. The van der Waals surface area contributed by atoms with Crippen LogP contribution in [0.25, 0.3) is 28.1 Å². The lowest BCUT2D eigenvalue weighted by Gasteiger charge is -2.17. The summed E-state index contributed by atoms with van der Waals surface area (Å²) in [5, 5.41) is 11.3. The first kappa shape index (κ1) is 23.8. The van der Waals surface area contributed by atoms with Gasteiger partial charge in [-0.2, -0.15) is 4.98 Å². The number of halogens is 1. The van der Waals surface area contributed by atoms with Crippen LogP contribution in [-0.4, -0.2) is 42.0 Å². The average Bonchev–Trinajstić information content (AvgIpc) is 3.51. The summed E-state index contributed by atoms with van der Waals surface area (Å²) in [4.78, 5) is 37.5. The second kappa shape index (κ2) is 9.38. The Morgan fingerprint density at radius 2 is 1.82 bits per heavy atom. The highest BCUT2D eigenvalue weighted by Gasteiger charge is 2.51. The van der Waals surface area contributed by atoms with Gasteiger partial charge in [-0.1, -0.05) is 47.1 Å². The van der Waals surface area contributed by atoms with Crippen molar-refractivity contribution in [3.05, 3.63) is 89.3 Å². The highest BCUT2D eigenvalue weighted by atomic mass is 35.5. The molecule has 2 aromatic carbocycles. The number of benzene rings is 2. The molecule has 0 unspecified atom stereocenters. The Kier molecular flexibility index (Phi) is 5.88. The molecule has 11 heteroatoms. The van der Waals surface area contributed by atoms with Crippen LogP contribution in [0.2, 0.25) is 5.02 Å². The van der Waals surface area contributed by atoms with Crippen LogP contribution in [0.1, 0.15) is 34.7 Å². The molecule has 0 saturated heterocycles. The van der Waals surface area contributed by atoms with E-state index in [2.05, 4.69) is 30.7 Å². The zero-order valence-electron chi connectivity index (χ0n) is 20.3. The highest BCUT2D eigenvalue weighted by Crippen LogP contribution is 2.39. The molecule has 10 nitrogen and oxygen atoms in total. The molecule has 6 rings (SSSR count). The zero-order chi connectivity index (χ0) is 26.3. The number of para-hydroxylation sites is 1. The monoisotopic (exact) mass is 527 g/mol. The number of aromatic nitrogens is 5.